The summed E-state index contributed by atoms with van der Waals surface area (Å²) in [4.78, 5) is 11.2. The molecule has 5 rings (SSSR count). The van der Waals surface area contributed by atoms with Gasteiger partial charge in [-0.25, -0.2) is 14.4 Å². The molecule has 31 heavy (non-hydrogen) atoms. The van der Waals surface area contributed by atoms with Crippen molar-refractivity contribution >= 4 is 34.0 Å². The first-order valence-electron chi connectivity index (χ1n) is 10.5. The minimum Gasteiger partial charge on any atom is -0.493 e. The molecule has 1 N–H and O–H groups in total. The van der Waals surface area contributed by atoms with Gasteiger partial charge in [0.05, 0.1) is 17.6 Å². The first kappa shape index (κ1) is 20.3. The predicted octanol–water partition coefficient (Wildman–Crippen LogP) is 5.04. The zero-order valence-electron chi connectivity index (χ0n) is 17.3. The zero-order valence-corrected chi connectivity index (χ0v) is 18.1. The van der Waals surface area contributed by atoms with Gasteiger partial charge in [-0.2, -0.15) is 0 Å². The van der Waals surface area contributed by atoms with Gasteiger partial charge in [-0.05, 0) is 55.5 Å². The van der Waals surface area contributed by atoms with Crippen molar-refractivity contribution < 1.29 is 13.9 Å². The first-order valence-corrected chi connectivity index (χ1v) is 10.8. The molecule has 0 radical (unpaired) electrons. The summed E-state index contributed by atoms with van der Waals surface area (Å²) >= 11 is 5.91. The molecule has 0 bridgehead atoms. The van der Waals surface area contributed by atoms with E-state index in [0.29, 0.717) is 40.5 Å². The highest BCUT2D eigenvalue weighted by Gasteiger charge is 2.47. The molecule has 2 fully saturated rings. The summed E-state index contributed by atoms with van der Waals surface area (Å²) in [7, 11) is 1.62. The number of hydrogen-bond donors (Lipinski definition) is 1. The normalized spacial score (nSPS) is 17.3. The van der Waals surface area contributed by atoms with Gasteiger partial charge < -0.3 is 14.8 Å². The van der Waals surface area contributed by atoms with Crippen molar-refractivity contribution in [2.75, 3.05) is 38.7 Å². The number of nitrogens with one attached hydrogen (secondary N) is 1. The van der Waals surface area contributed by atoms with Crippen molar-refractivity contribution in [3.05, 3.63) is 47.5 Å². The Morgan fingerprint density at radius 1 is 1.16 bits per heavy atom. The fraction of sp³-hybridized carbons (Fsp3) is 0.391. The second kappa shape index (κ2) is 8.13. The van der Waals surface area contributed by atoms with Gasteiger partial charge in [0.2, 0.25) is 0 Å². The molecule has 2 heterocycles. The van der Waals surface area contributed by atoms with Crippen LogP contribution in [0.1, 0.15) is 19.3 Å². The number of benzene rings is 2. The fourth-order valence-corrected chi connectivity index (χ4v) is 4.42. The second-order valence-corrected chi connectivity index (χ2v) is 8.78. The minimum absolute atomic E-state index is 0.0453. The van der Waals surface area contributed by atoms with Gasteiger partial charge in [0, 0.05) is 30.2 Å². The summed E-state index contributed by atoms with van der Waals surface area (Å²) < 4.78 is 25.1. The number of methoxy groups -OCH3 is 1. The van der Waals surface area contributed by atoms with E-state index in [1.165, 1.54) is 44.3 Å². The van der Waals surface area contributed by atoms with Crippen molar-refractivity contribution in [1.29, 1.82) is 0 Å². The standard InChI is InChI=1S/C23H24ClFN4O2/c1-30-20-12-19-16(11-21(20)31-9-8-29-7-6-23(13-29)4-5-23)22(27-14-26-19)28-15-2-3-18(25)17(24)10-15/h2-3,10-12,14H,4-9,13H2,1H3,(H,26,27,28). The highest BCUT2D eigenvalue weighted by Crippen LogP contribution is 2.52. The highest BCUT2D eigenvalue weighted by atomic mass is 35.5. The van der Waals surface area contributed by atoms with Gasteiger partial charge in [0.15, 0.2) is 11.5 Å². The lowest BCUT2D eigenvalue weighted by Crippen LogP contribution is -2.26. The molecule has 1 aromatic heterocycles. The van der Waals surface area contributed by atoms with Crippen LogP contribution in [0.15, 0.2) is 36.7 Å². The predicted molar refractivity (Wildman–Crippen MR) is 119 cm³/mol. The van der Waals surface area contributed by atoms with Crippen molar-refractivity contribution in [2.24, 2.45) is 5.41 Å². The Hall–Kier alpha value is -2.64. The Morgan fingerprint density at radius 2 is 2.03 bits per heavy atom. The molecule has 3 aromatic rings. The molecular weight excluding hydrogens is 419 g/mol. The molecule has 1 aliphatic heterocycles. The fourth-order valence-electron chi connectivity index (χ4n) is 4.23. The molecule has 6 nitrogen and oxygen atoms in total. The largest absolute Gasteiger partial charge is 0.493 e. The maximum atomic E-state index is 13.5. The molecule has 8 heteroatoms. The van der Waals surface area contributed by atoms with Crippen LogP contribution in [0.2, 0.25) is 5.02 Å². The summed E-state index contributed by atoms with van der Waals surface area (Å²) in [5, 5.41) is 4.01. The number of aromatic nitrogens is 2. The lowest BCUT2D eigenvalue weighted by atomic mass is 10.1. The van der Waals surface area contributed by atoms with Gasteiger partial charge >= 0.3 is 0 Å². The summed E-state index contributed by atoms with van der Waals surface area (Å²) in [5.74, 6) is 1.38. The van der Waals surface area contributed by atoms with E-state index in [1.807, 2.05) is 12.1 Å². The molecule has 2 aromatic carbocycles. The monoisotopic (exact) mass is 442 g/mol. The molecule has 0 amide bonds. The van der Waals surface area contributed by atoms with E-state index in [1.54, 1.807) is 13.2 Å². The minimum atomic E-state index is -0.467. The maximum Gasteiger partial charge on any atom is 0.162 e. The average Bonchev–Trinajstić information content (AvgIpc) is 3.41. The number of likely N-dealkylation sites (tertiary alicyclic amines) is 1. The summed E-state index contributed by atoms with van der Waals surface area (Å²) in [6.45, 7) is 3.82. The van der Waals surface area contributed by atoms with Crippen molar-refractivity contribution in [2.45, 2.75) is 19.3 Å². The number of fused-ring (bicyclic) bond motifs is 1. The second-order valence-electron chi connectivity index (χ2n) is 8.37. The van der Waals surface area contributed by atoms with Crippen LogP contribution in [-0.2, 0) is 0 Å². The van der Waals surface area contributed by atoms with Crippen LogP contribution >= 0.6 is 11.6 Å². The highest BCUT2D eigenvalue weighted by molar-refractivity contribution is 6.31. The van der Waals surface area contributed by atoms with E-state index in [9.17, 15) is 4.39 Å². The number of rotatable bonds is 7. The van der Waals surface area contributed by atoms with E-state index in [4.69, 9.17) is 21.1 Å². The van der Waals surface area contributed by atoms with Crippen molar-refractivity contribution in [3.8, 4) is 11.5 Å². The van der Waals surface area contributed by atoms with Gasteiger partial charge in [-0.15, -0.1) is 0 Å². The summed E-state index contributed by atoms with van der Waals surface area (Å²) in [6.07, 6.45) is 5.53. The lowest BCUT2D eigenvalue weighted by Gasteiger charge is -2.18. The number of nitrogens with zero attached hydrogens (tertiary/aromatic N) is 3. The molecule has 1 saturated carbocycles. The number of ether oxygens (including phenoxy) is 2. The van der Waals surface area contributed by atoms with Crippen LogP contribution in [-0.4, -0.2) is 48.2 Å². The Bertz CT molecular complexity index is 1120. The van der Waals surface area contributed by atoms with Gasteiger partial charge in [-0.1, -0.05) is 11.6 Å². The van der Waals surface area contributed by atoms with E-state index >= 15 is 0 Å². The van der Waals surface area contributed by atoms with Crippen LogP contribution in [0.3, 0.4) is 0 Å². The third-order valence-electron chi connectivity index (χ3n) is 6.24. The molecule has 1 spiro atoms. The molecule has 1 aliphatic carbocycles. The van der Waals surface area contributed by atoms with Gasteiger partial charge in [-0.3, -0.25) is 4.90 Å². The molecular formula is C23H24ClFN4O2. The van der Waals surface area contributed by atoms with E-state index < -0.39 is 5.82 Å². The molecule has 2 aliphatic rings. The lowest BCUT2D eigenvalue weighted by molar-refractivity contribution is 0.225. The molecule has 0 unspecified atom stereocenters. The van der Waals surface area contributed by atoms with Crippen LogP contribution < -0.4 is 14.8 Å². The van der Waals surface area contributed by atoms with Crippen molar-refractivity contribution in [1.82, 2.24) is 14.9 Å². The number of halogens is 2. The van der Waals surface area contributed by atoms with E-state index in [2.05, 4.69) is 20.2 Å². The number of anilines is 2. The van der Waals surface area contributed by atoms with E-state index in [-0.39, 0.29) is 5.02 Å². The Balaban J connectivity index is 1.36. The first-order chi connectivity index (χ1) is 15.0. The topological polar surface area (TPSA) is 59.5 Å². The Labute approximate surface area is 185 Å². The van der Waals surface area contributed by atoms with Crippen molar-refractivity contribution in [3.63, 3.8) is 0 Å². The van der Waals surface area contributed by atoms with Crippen LogP contribution in [0, 0.1) is 11.2 Å². The maximum absolute atomic E-state index is 13.5. The molecule has 1 saturated heterocycles. The summed E-state index contributed by atoms with van der Waals surface area (Å²) in [6, 6.07) is 8.17. The van der Waals surface area contributed by atoms with Crippen LogP contribution in [0.4, 0.5) is 15.9 Å². The molecule has 162 valence electrons. The third kappa shape index (κ3) is 4.25. The molecule has 0 atom stereocenters. The smallest absolute Gasteiger partial charge is 0.162 e. The quantitative estimate of drug-likeness (QED) is 0.553. The van der Waals surface area contributed by atoms with Crippen LogP contribution in [0.25, 0.3) is 10.9 Å². The third-order valence-corrected chi connectivity index (χ3v) is 6.53. The van der Waals surface area contributed by atoms with Crippen LogP contribution in [0.5, 0.6) is 11.5 Å². The number of hydrogen-bond acceptors (Lipinski definition) is 6. The average molecular weight is 443 g/mol. The van der Waals surface area contributed by atoms with E-state index in [0.717, 1.165) is 18.5 Å². The zero-order chi connectivity index (χ0) is 21.4. The SMILES string of the molecule is COc1cc2ncnc(Nc3ccc(F)c(Cl)c3)c2cc1OCCN1CCC2(CC2)C1. The Morgan fingerprint density at radius 3 is 2.77 bits per heavy atom. The summed E-state index contributed by atoms with van der Waals surface area (Å²) in [5.41, 5.74) is 1.96. The van der Waals surface area contributed by atoms with Gasteiger partial charge in [0.1, 0.15) is 24.6 Å². The Kier molecular flexibility index (Phi) is 5.32. The van der Waals surface area contributed by atoms with Gasteiger partial charge in [0.25, 0.3) is 0 Å².